The Balaban J connectivity index is 1.57. The van der Waals surface area contributed by atoms with Crippen molar-refractivity contribution < 1.29 is 19.1 Å². The third kappa shape index (κ3) is 4.44. The van der Waals surface area contributed by atoms with Crippen LogP contribution in [0.3, 0.4) is 0 Å². The summed E-state index contributed by atoms with van der Waals surface area (Å²) in [5.74, 6) is -0.997. The van der Waals surface area contributed by atoms with E-state index in [4.69, 9.17) is 10.5 Å². The van der Waals surface area contributed by atoms with Gasteiger partial charge in [-0.05, 0) is 12.1 Å². The van der Waals surface area contributed by atoms with Gasteiger partial charge in [-0.15, -0.1) is 11.3 Å². The molecule has 1 aliphatic heterocycles. The van der Waals surface area contributed by atoms with E-state index in [2.05, 4.69) is 10.3 Å². The summed E-state index contributed by atoms with van der Waals surface area (Å²) >= 11 is 1.25. The van der Waals surface area contributed by atoms with Gasteiger partial charge in [-0.1, -0.05) is 18.2 Å². The number of rotatable bonds is 5. The Hall–Kier alpha value is -2.78. The summed E-state index contributed by atoms with van der Waals surface area (Å²) in [5, 5.41) is 4.87. The van der Waals surface area contributed by atoms with Crippen molar-refractivity contribution >= 4 is 34.2 Å². The van der Waals surface area contributed by atoms with Gasteiger partial charge in [0.2, 0.25) is 11.8 Å². The van der Waals surface area contributed by atoms with Gasteiger partial charge in [0.15, 0.2) is 11.2 Å². The summed E-state index contributed by atoms with van der Waals surface area (Å²) in [6, 6.07) is 8.81. The SMILES string of the molecule is NC(=O)C1CN(C(=O)Cc2csc(NC(=O)c3ccccc3)n2)CCO1. The van der Waals surface area contributed by atoms with Crippen molar-refractivity contribution in [1.29, 1.82) is 0 Å². The van der Waals surface area contributed by atoms with Crippen molar-refractivity contribution in [1.82, 2.24) is 9.88 Å². The van der Waals surface area contributed by atoms with Crippen LogP contribution in [0.4, 0.5) is 5.13 Å². The summed E-state index contributed by atoms with van der Waals surface area (Å²) in [4.78, 5) is 41.5. The maximum atomic E-state index is 12.4. The second-order valence-electron chi connectivity index (χ2n) is 5.74. The van der Waals surface area contributed by atoms with E-state index < -0.39 is 12.0 Å². The van der Waals surface area contributed by atoms with Gasteiger partial charge in [-0.2, -0.15) is 0 Å². The Bertz CT molecular complexity index is 808. The third-order valence-electron chi connectivity index (χ3n) is 3.88. The summed E-state index contributed by atoms with van der Waals surface area (Å²) < 4.78 is 5.23. The molecule has 0 spiro atoms. The molecule has 3 amide bonds. The van der Waals surface area contributed by atoms with Crippen molar-refractivity contribution in [3.63, 3.8) is 0 Å². The predicted octanol–water partition coefficient (Wildman–Crippen LogP) is 0.651. The van der Waals surface area contributed by atoms with Gasteiger partial charge in [-0.25, -0.2) is 4.98 Å². The van der Waals surface area contributed by atoms with Crippen molar-refractivity contribution in [2.45, 2.75) is 12.5 Å². The second kappa shape index (κ2) is 8.07. The average molecular weight is 374 g/mol. The number of carbonyl (C=O) groups is 3. The number of ether oxygens (including phenoxy) is 1. The number of benzene rings is 1. The van der Waals surface area contributed by atoms with Crippen LogP contribution in [0.15, 0.2) is 35.7 Å². The van der Waals surface area contributed by atoms with Crippen LogP contribution in [0.1, 0.15) is 16.1 Å². The number of amides is 3. The fraction of sp³-hybridized carbons (Fsp3) is 0.294. The summed E-state index contributed by atoms with van der Waals surface area (Å²) in [5.41, 5.74) is 6.32. The minimum Gasteiger partial charge on any atom is -0.367 e. The van der Waals surface area contributed by atoms with E-state index in [0.717, 1.165) is 0 Å². The Morgan fingerprint density at radius 3 is 2.81 bits per heavy atom. The van der Waals surface area contributed by atoms with Gasteiger partial charge < -0.3 is 15.4 Å². The molecular weight excluding hydrogens is 356 g/mol. The highest BCUT2D eigenvalue weighted by atomic mass is 32.1. The van der Waals surface area contributed by atoms with Crippen LogP contribution in [-0.4, -0.2) is 53.4 Å². The third-order valence-corrected chi connectivity index (χ3v) is 4.68. The van der Waals surface area contributed by atoms with Gasteiger partial charge in [0.25, 0.3) is 5.91 Å². The number of primary amides is 1. The number of nitrogens with two attached hydrogens (primary N) is 1. The van der Waals surface area contributed by atoms with E-state index in [1.54, 1.807) is 34.5 Å². The average Bonchev–Trinajstić information content (AvgIpc) is 3.09. The molecule has 0 radical (unpaired) electrons. The first kappa shape index (κ1) is 18.0. The molecule has 0 bridgehead atoms. The fourth-order valence-electron chi connectivity index (χ4n) is 2.52. The van der Waals surface area contributed by atoms with Crippen LogP contribution < -0.4 is 11.1 Å². The number of nitrogens with zero attached hydrogens (tertiary/aromatic N) is 2. The number of aromatic nitrogens is 1. The van der Waals surface area contributed by atoms with Crippen LogP contribution in [0.2, 0.25) is 0 Å². The monoisotopic (exact) mass is 374 g/mol. The van der Waals surface area contributed by atoms with Crippen molar-refractivity contribution in [3.8, 4) is 0 Å². The van der Waals surface area contributed by atoms with E-state index in [9.17, 15) is 14.4 Å². The Kier molecular flexibility index (Phi) is 5.59. The number of thiazole rings is 1. The number of morpholine rings is 1. The minimum atomic E-state index is -0.774. The Labute approximate surface area is 154 Å². The highest BCUT2D eigenvalue weighted by Crippen LogP contribution is 2.18. The predicted molar refractivity (Wildman–Crippen MR) is 95.7 cm³/mol. The first-order valence-corrected chi connectivity index (χ1v) is 8.90. The van der Waals surface area contributed by atoms with Crippen LogP contribution in [0.25, 0.3) is 0 Å². The quantitative estimate of drug-likeness (QED) is 0.797. The molecule has 0 aliphatic carbocycles. The lowest BCUT2D eigenvalue weighted by Gasteiger charge is -2.31. The first-order chi connectivity index (χ1) is 12.5. The molecular formula is C17H18N4O4S. The molecule has 0 saturated carbocycles. The highest BCUT2D eigenvalue weighted by Gasteiger charge is 2.28. The summed E-state index contributed by atoms with van der Waals surface area (Å²) in [6.07, 6.45) is -0.688. The minimum absolute atomic E-state index is 0.0865. The second-order valence-corrected chi connectivity index (χ2v) is 6.60. The van der Waals surface area contributed by atoms with E-state index in [1.165, 1.54) is 11.3 Å². The molecule has 3 rings (SSSR count). The smallest absolute Gasteiger partial charge is 0.257 e. The zero-order valence-corrected chi connectivity index (χ0v) is 14.7. The van der Waals surface area contributed by atoms with Crippen LogP contribution in [0.5, 0.6) is 0 Å². The molecule has 26 heavy (non-hydrogen) atoms. The standard InChI is InChI=1S/C17H18N4O4S/c18-15(23)13-9-21(6-7-25-13)14(22)8-12-10-26-17(19-12)20-16(24)11-4-2-1-3-5-11/h1-5,10,13H,6-9H2,(H2,18,23)(H,19,20,24). The molecule has 1 atom stereocenters. The number of hydrogen-bond acceptors (Lipinski definition) is 6. The van der Waals surface area contributed by atoms with E-state index in [0.29, 0.717) is 22.9 Å². The largest absolute Gasteiger partial charge is 0.367 e. The lowest BCUT2D eigenvalue weighted by Crippen LogP contribution is -2.50. The van der Waals surface area contributed by atoms with E-state index in [-0.39, 0.29) is 31.4 Å². The lowest BCUT2D eigenvalue weighted by atomic mass is 10.2. The molecule has 9 heteroatoms. The molecule has 1 unspecified atom stereocenters. The number of carbonyl (C=O) groups excluding carboxylic acids is 3. The van der Waals surface area contributed by atoms with Crippen LogP contribution in [0, 0.1) is 0 Å². The zero-order valence-electron chi connectivity index (χ0n) is 13.9. The molecule has 1 aromatic carbocycles. The number of hydrogen-bond donors (Lipinski definition) is 2. The molecule has 1 fully saturated rings. The maximum absolute atomic E-state index is 12.4. The van der Waals surface area contributed by atoms with Crippen molar-refractivity contribution in [3.05, 3.63) is 47.0 Å². The number of anilines is 1. The molecule has 3 N–H and O–H groups in total. The first-order valence-electron chi connectivity index (χ1n) is 8.02. The Morgan fingerprint density at radius 1 is 1.31 bits per heavy atom. The lowest BCUT2D eigenvalue weighted by molar-refractivity contribution is -0.145. The van der Waals surface area contributed by atoms with E-state index in [1.807, 2.05) is 6.07 Å². The summed E-state index contributed by atoms with van der Waals surface area (Å²) in [6.45, 7) is 0.828. The van der Waals surface area contributed by atoms with Gasteiger partial charge in [-0.3, -0.25) is 19.7 Å². The van der Waals surface area contributed by atoms with E-state index >= 15 is 0 Å². The highest BCUT2D eigenvalue weighted by molar-refractivity contribution is 7.14. The van der Waals surface area contributed by atoms with Crippen molar-refractivity contribution in [2.24, 2.45) is 5.73 Å². The van der Waals surface area contributed by atoms with Gasteiger partial charge >= 0.3 is 0 Å². The van der Waals surface area contributed by atoms with Crippen molar-refractivity contribution in [2.75, 3.05) is 25.0 Å². The topological polar surface area (TPSA) is 115 Å². The molecule has 1 aliphatic rings. The summed E-state index contributed by atoms with van der Waals surface area (Å²) in [7, 11) is 0. The molecule has 2 heterocycles. The van der Waals surface area contributed by atoms with Gasteiger partial charge in [0.05, 0.1) is 25.3 Å². The molecule has 1 aromatic heterocycles. The maximum Gasteiger partial charge on any atom is 0.257 e. The zero-order chi connectivity index (χ0) is 18.5. The molecule has 1 saturated heterocycles. The number of nitrogens with one attached hydrogen (secondary N) is 1. The molecule has 136 valence electrons. The van der Waals surface area contributed by atoms with Crippen LogP contribution >= 0.6 is 11.3 Å². The van der Waals surface area contributed by atoms with Gasteiger partial charge in [0.1, 0.15) is 0 Å². The Morgan fingerprint density at radius 2 is 2.08 bits per heavy atom. The normalized spacial score (nSPS) is 16.9. The molecule has 8 nitrogen and oxygen atoms in total. The fourth-order valence-corrected chi connectivity index (χ4v) is 3.22. The van der Waals surface area contributed by atoms with Crippen LogP contribution in [-0.2, 0) is 20.7 Å². The molecule has 2 aromatic rings. The van der Waals surface area contributed by atoms with Gasteiger partial charge in [0, 0.05) is 17.5 Å².